The minimum absolute atomic E-state index is 0.187. The van der Waals surface area contributed by atoms with Gasteiger partial charge in [-0.2, -0.15) is 0 Å². The highest BCUT2D eigenvalue weighted by molar-refractivity contribution is 5.97. The Morgan fingerprint density at radius 3 is 2.30 bits per heavy atom. The van der Waals surface area contributed by atoms with Crippen LogP contribution in [0.3, 0.4) is 0 Å². The fourth-order valence-electron chi connectivity index (χ4n) is 4.53. The summed E-state index contributed by atoms with van der Waals surface area (Å²) < 4.78 is 13.6. The molecule has 1 aliphatic heterocycles. The molecule has 13 heteroatoms. The molecule has 1 fully saturated rings. The summed E-state index contributed by atoms with van der Waals surface area (Å²) in [6.45, 7) is 10.9. The van der Waals surface area contributed by atoms with Gasteiger partial charge in [0.15, 0.2) is 0 Å². The number of hydrogen-bond donors (Lipinski definition) is 7. The lowest BCUT2D eigenvalue weighted by Gasteiger charge is -2.33. The predicted octanol–water partition coefficient (Wildman–Crippen LogP) is 0.993. The van der Waals surface area contributed by atoms with Gasteiger partial charge in [-0.05, 0) is 63.1 Å². The van der Waals surface area contributed by atoms with Crippen molar-refractivity contribution in [3.05, 3.63) is 48.0 Å². The molecule has 0 aliphatic carbocycles. The van der Waals surface area contributed by atoms with Gasteiger partial charge in [-0.25, -0.2) is 4.39 Å². The summed E-state index contributed by atoms with van der Waals surface area (Å²) in [5.74, 6) is -3.20. The van der Waals surface area contributed by atoms with E-state index in [4.69, 9.17) is 5.73 Å². The molecule has 238 valence electrons. The standard InChI is InChI=1S/C30H46FN7O5/c1-6-22-26(40)37-24(20-11-13-21(31)14-12-20)28(42)34-16-8-7-15-30(5,38-25(39)18(2)3)29(43)36-23(27(41)35-22)10-9-17-33-19(4)32/h11-14,18,22-24,33H,4,6-10,15-17,32H2,1-3,5H3,(H,34,42)(H,35,41)(H,36,43)(H,37,40)(H,38,39)/t22-,23-,24+,30+/m0/s1. The Kier molecular flexibility index (Phi) is 13.4. The molecule has 2 rings (SSSR count). The van der Waals surface area contributed by atoms with E-state index >= 15 is 0 Å². The summed E-state index contributed by atoms with van der Waals surface area (Å²) in [5.41, 5.74) is 4.60. The summed E-state index contributed by atoms with van der Waals surface area (Å²) in [7, 11) is 0. The van der Waals surface area contributed by atoms with E-state index in [0.29, 0.717) is 31.4 Å². The van der Waals surface area contributed by atoms with Crippen molar-refractivity contribution in [1.82, 2.24) is 31.9 Å². The molecule has 0 unspecified atom stereocenters. The lowest BCUT2D eigenvalue weighted by molar-refractivity contribution is -0.137. The zero-order valence-electron chi connectivity index (χ0n) is 25.5. The van der Waals surface area contributed by atoms with Crippen LogP contribution in [0.1, 0.15) is 77.8 Å². The molecular weight excluding hydrogens is 557 g/mol. The van der Waals surface area contributed by atoms with Crippen LogP contribution in [0.25, 0.3) is 0 Å². The average molecular weight is 604 g/mol. The van der Waals surface area contributed by atoms with Gasteiger partial charge in [0.1, 0.15) is 29.5 Å². The van der Waals surface area contributed by atoms with Gasteiger partial charge in [0.25, 0.3) is 0 Å². The fourth-order valence-corrected chi connectivity index (χ4v) is 4.53. The molecule has 4 atom stereocenters. The van der Waals surface area contributed by atoms with Crippen LogP contribution in [-0.4, -0.2) is 60.2 Å². The Hall–Kier alpha value is -4.16. The Morgan fingerprint density at radius 1 is 1.05 bits per heavy atom. The van der Waals surface area contributed by atoms with Crippen molar-refractivity contribution in [3.63, 3.8) is 0 Å². The molecule has 12 nitrogen and oxygen atoms in total. The molecule has 1 saturated heterocycles. The molecule has 0 saturated carbocycles. The number of nitrogens with two attached hydrogens (primary N) is 1. The van der Waals surface area contributed by atoms with Crippen molar-refractivity contribution < 1.29 is 28.4 Å². The largest absolute Gasteiger partial charge is 0.386 e. The van der Waals surface area contributed by atoms with Crippen LogP contribution in [0.15, 0.2) is 36.7 Å². The topological polar surface area (TPSA) is 184 Å². The molecule has 1 heterocycles. The zero-order valence-corrected chi connectivity index (χ0v) is 25.5. The van der Waals surface area contributed by atoms with E-state index in [2.05, 4.69) is 38.5 Å². The number of carbonyl (C=O) groups excluding carboxylic acids is 5. The van der Waals surface area contributed by atoms with Crippen LogP contribution < -0.4 is 37.6 Å². The van der Waals surface area contributed by atoms with Crippen LogP contribution in [0.4, 0.5) is 4.39 Å². The van der Waals surface area contributed by atoms with E-state index in [1.165, 1.54) is 24.3 Å². The first-order valence-corrected chi connectivity index (χ1v) is 14.7. The highest BCUT2D eigenvalue weighted by atomic mass is 19.1. The van der Waals surface area contributed by atoms with Crippen molar-refractivity contribution >= 4 is 29.5 Å². The summed E-state index contributed by atoms with van der Waals surface area (Å²) in [6.07, 6.45) is 1.97. The first-order valence-electron chi connectivity index (χ1n) is 14.7. The highest BCUT2D eigenvalue weighted by Gasteiger charge is 2.38. The van der Waals surface area contributed by atoms with Gasteiger partial charge in [-0.3, -0.25) is 24.0 Å². The molecule has 43 heavy (non-hydrogen) atoms. The summed E-state index contributed by atoms with van der Waals surface area (Å²) in [4.78, 5) is 66.3. The Morgan fingerprint density at radius 2 is 1.70 bits per heavy atom. The van der Waals surface area contributed by atoms with Crippen molar-refractivity contribution in [2.75, 3.05) is 13.1 Å². The summed E-state index contributed by atoms with van der Waals surface area (Å²) in [6, 6.07) is 2.01. The van der Waals surface area contributed by atoms with Crippen LogP contribution in [0.2, 0.25) is 0 Å². The number of benzene rings is 1. The van der Waals surface area contributed by atoms with E-state index < -0.39 is 53.1 Å². The van der Waals surface area contributed by atoms with Crippen LogP contribution in [0, 0.1) is 11.7 Å². The molecule has 1 aromatic rings. The average Bonchev–Trinajstić information content (AvgIpc) is 2.95. The molecule has 0 bridgehead atoms. The maximum Gasteiger partial charge on any atom is 0.247 e. The molecule has 1 aromatic carbocycles. The zero-order chi connectivity index (χ0) is 32.2. The van der Waals surface area contributed by atoms with E-state index in [1.54, 1.807) is 27.7 Å². The van der Waals surface area contributed by atoms with E-state index in [1.807, 2.05) is 0 Å². The Bertz CT molecular complexity index is 1160. The Labute approximate surface area is 252 Å². The third-order valence-corrected chi connectivity index (χ3v) is 7.26. The van der Waals surface area contributed by atoms with E-state index in [0.717, 1.165) is 0 Å². The maximum atomic E-state index is 13.6. The second-order valence-electron chi connectivity index (χ2n) is 11.3. The van der Waals surface area contributed by atoms with Gasteiger partial charge in [0.2, 0.25) is 29.5 Å². The van der Waals surface area contributed by atoms with E-state index in [9.17, 15) is 28.4 Å². The SMILES string of the molecule is C=C(N)NCCC[C@@H]1NC(=O)[C@](C)(NC(=O)C(C)C)CCCCNC(=O)[C@@H](c2ccc(F)cc2)NC(=O)[C@H](CC)NC1=O. The normalized spacial score (nSPS) is 24.3. The first-order chi connectivity index (χ1) is 20.3. The minimum atomic E-state index is -1.34. The number of amides is 5. The number of nitrogens with one attached hydrogen (secondary N) is 6. The van der Waals surface area contributed by atoms with Gasteiger partial charge < -0.3 is 37.6 Å². The van der Waals surface area contributed by atoms with Gasteiger partial charge in [0.05, 0.1) is 5.82 Å². The Balaban J connectivity index is 2.42. The van der Waals surface area contributed by atoms with Crippen LogP contribution in [-0.2, 0) is 24.0 Å². The smallest absolute Gasteiger partial charge is 0.247 e. The monoisotopic (exact) mass is 603 g/mol. The molecule has 0 spiro atoms. The number of hydrogen-bond acceptors (Lipinski definition) is 7. The second kappa shape index (κ2) is 16.5. The lowest BCUT2D eigenvalue weighted by atomic mass is 9.91. The van der Waals surface area contributed by atoms with Gasteiger partial charge in [-0.15, -0.1) is 0 Å². The fraction of sp³-hybridized carbons (Fsp3) is 0.567. The van der Waals surface area contributed by atoms with Gasteiger partial charge >= 0.3 is 0 Å². The molecule has 0 radical (unpaired) electrons. The lowest BCUT2D eigenvalue weighted by Crippen LogP contribution is -2.62. The third kappa shape index (κ3) is 10.9. The van der Waals surface area contributed by atoms with Crippen molar-refractivity contribution in [1.29, 1.82) is 0 Å². The van der Waals surface area contributed by atoms with Crippen molar-refractivity contribution in [3.8, 4) is 0 Å². The summed E-state index contributed by atoms with van der Waals surface area (Å²) >= 11 is 0. The quantitative estimate of drug-likeness (QED) is 0.205. The minimum Gasteiger partial charge on any atom is -0.386 e. The van der Waals surface area contributed by atoms with Crippen molar-refractivity contribution in [2.24, 2.45) is 11.7 Å². The van der Waals surface area contributed by atoms with Crippen molar-refractivity contribution in [2.45, 2.75) is 89.9 Å². The molecule has 0 aromatic heterocycles. The van der Waals surface area contributed by atoms with Gasteiger partial charge in [0, 0.05) is 19.0 Å². The number of carbonyl (C=O) groups is 5. The molecule has 8 N–H and O–H groups in total. The molecular formula is C30H46FN7O5. The molecule has 1 aliphatic rings. The highest BCUT2D eigenvalue weighted by Crippen LogP contribution is 2.18. The second-order valence-corrected chi connectivity index (χ2v) is 11.3. The third-order valence-electron chi connectivity index (χ3n) is 7.26. The molecule has 5 amide bonds. The first kappa shape index (κ1) is 35.0. The predicted molar refractivity (Wildman–Crippen MR) is 160 cm³/mol. The maximum absolute atomic E-state index is 13.6. The van der Waals surface area contributed by atoms with Crippen LogP contribution in [0.5, 0.6) is 0 Å². The number of halogens is 1. The number of rotatable bonds is 9. The van der Waals surface area contributed by atoms with Crippen LogP contribution >= 0.6 is 0 Å². The van der Waals surface area contributed by atoms with E-state index in [-0.39, 0.29) is 43.5 Å². The van der Waals surface area contributed by atoms with Gasteiger partial charge in [-0.1, -0.05) is 39.5 Å². The summed E-state index contributed by atoms with van der Waals surface area (Å²) in [5, 5.41) is 16.7.